The summed E-state index contributed by atoms with van der Waals surface area (Å²) in [7, 11) is 0. The number of allylic oxidation sites excluding steroid dienone is 1. The Morgan fingerprint density at radius 1 is 1.15 bits per heavy atom. The Hall–Kier alpha value is -0.910. The Kier molecular flexibility index (Phi) is 5.29. The van der Waals surface area contributed by atoms with Gasteiger partial charge in [-0.2, -0.15) is 0 Å². The first-order valence-corrected chi connectivity index (χ1v) is 3.82. The normalized spacial score (nSPS) is 12.2. The Balaban J connectivity index is 4.17. The van der Waals surface area contributed by atoms with Crippen LogP contribution in [0.1, 0.15) is 6.42 Å². The second-order valence-electron chi connectivity index (χ2n) is 2.92. The summed E-state index contributed by atoms with van der Waals surface area (Å²) in [6.07, 6.45) is 2.34. The van der Waals surface area contributed by atoms with Gasteiger partial charge in [0.15, 0.2) is 0 Å². The van der Waals surface area contributed by atoms with Crippen LogP contribution in [-0.2, 0) is 4.79 Å². The molecule has 0 bridgehead atoms. The van der Waals surface area contributed by atoms with Crippen LogP contribution in [0.2, 0.25) is 0 Å². The molecule has 0 aromatic rings. The fourth-order valence-electron chi connectivity index (χ4n) is 0.753. The van der Waals surface area contributed by atoms with Gasteiger partial charge in [0.05, 0.1) is 19.8 Å². The first kappa shape index (κ1) is 12.1. The molecule has 4 N–H and O–H groups in total. The van der Waals surface area contributed by atoms with E-state index in [4.69, 9.17) is 20.4 Å². The standard InChI is InChI=1S/C8H14O5/c9-4-8(5-10,6-11)3-1-2-7(12)13/h1-2,9-11H,3-6H2,(H,12,13). The summed E-state index contributed by atoms with van der Waals surface area (Å²) in [5.41, 5.74) is -1.02. The van der Waals surface area contributed by atoms with Gasteiger partial charge in [-0.1, -0.05) is 6.08 Å². The van der Waals surface area contributed by atoms with Gasteiger partial charge in [0, 0.05) is 11.5 Å². The summed E-state index contributed by atoms with van der Waals surface area (Å²) >= 11 is 0. The maximum absolute atomic E-state index is 10.1. The van der Waals surface area contributed by atoms with Gasteiger partial charge in [0.1, 0.15) is 0 Å². The molecule has 0 aromatic heterocycles. The molecule has 5 heteroatoms. The average Bonchev–Trinajstić information content (AvgIpc) is 2.13. The number of aliphatic hydroxyl groups is 3. The molecule has 0 aliphatic heterocycles. The van der Waals surface area contributed by atoms with Crippen molar-refractivity contribution in [2.75, 3.05) is 19.8 Å². The van der Waals surface area contributed by atoms with Crippen molar-refractivity contribution in [2.24, 2.45) is 5.41 Å². The van der Waals surface area contributed by atoms with Crippen molar-refractivity contribution >= 4 is 5.97 Å². The first-order valence-electron chi connectivity index (χ1n) is 3.82. The first-order chi connectivity index (χ1) is 6.10. The van der Waals surface area contributed by atoms with Crippen LogP contribution in [0.3, 0.4) is 0 Å². The third-order valence-electron chi connectivity index (χ3n) is 1.82. The summed E-state index contributed by atoms with van der Waals surface area (Å²) in [4.78, 5) is 10.1. The van der Waals surface area contributed by atoms with Crippen LogP contribution in [-0.4, -0.2) is 46.2 Å². The van der Waals surface area contributed by atoms with Crippen LogP contribution < -0.4 is 0 Å². The van der Waals surface area contributed by atoms with Gasteiger partial charge in [0.2, 0.25) is 0 Å². The van der Waals surface area contributed by atoms with Gasteiger partial charge in [-0.05, 0) is 6.42 Å². The van der Waals surface area contributed by atoms with Gasteiger partial charge in [-0.25, -0.2) is 4.79 Å². The van der Waals surface area contributed by atoms with E-state index in [0.717, 1.165) is 6.08 Å². The molecule has 0 unspecified atom stereocenters. The predicted octanol–water partition coefficient (Wildman–Crippen LogP) is -1.02. The second-order valence-corrected chi connectivity index (χ2v) is 2.92. The average molecular weight is 190 g/mol. The molecule has 0 atom stereocenters. The zero-order valence-corrected chi connectivity index (χ0v) is 7.18. The predicted molar refractivity (Wildman–Crippen MR) is 45.1 cm³/mol. The lowest BCUT2D eigenvalue weighted by Gasteiger charge is -2.25. The van der Waals surface area contributed by atoms with Crippen molar-refractivity contribution in [1.29, 1.82) is 0 Å². The molecule has 0 aliphatic carbocycles. The second kappa shape index (κ2) is 5.69. The molecule has 0 amide bonds. The molecule has 0 aliphatic rings. The Bertz CT molecular complexity index is 175. The van der Waals surface area contributed by atoms with Crippen LogP contribution in [0, 0.1) is 5.41 Å². The highest BCUT2D eigenvalue weighted by molar-refractivity contribution is 5.79. The van der Waals surface area contributed by atoms with Gasteiger partial charge in [0.25, 0.3) is 0 Å². The zero-order chi connectivity index (χ0) is 10.3. The number of carboxylic acid groups (broad SMARTS) is 1. The number of hydrogen-bond acceptors (Lipinski definition) is 4. The lowest BCUT2D eigenvalue weighted by atomic mass is 9.87. The minimum absolute atomic E-state index is 0.128. The van der Waals surface area contributed by atoms with E-state index >= 15 is 0 Å². The van der Waals surface area contributed by atoms with Crippen molar-refractivity contribution in [1.82, 2.24) is 0 Å². The number of carboxylic acids is 1. The minimum Gasteiger partial charge on any atom is -0.478 e. The summed E-state index contributed by atoms with van der Waals surface area (Å²) in [6, 6.07) is 0. The SMILES string of the molecule is O=C(O)C=CCC(CO)(CO)CO. The van der Waals surface area contributed by atoms with Crippen molar-refractivity contribution in [3.63, 3.8) is 0 Å². The summed E-state index contributed by atoms with van der Waals surface area (Å²) in [5, 5.41) is 34.8. The highest BCUT2D eigenvalue weighted by Crippen LogP contribution is 2.20. The molecule has 13 heavy (non-hydrogen) atoms. The Labute approximate surface area is 75.9 Å². The molecule has 0 fully saturated rings. The van der Waals surface area contributed by atoms with Gasteiger partial charge < -0.3 is 20.4 Å². The Morgan fingerprint density at radius 2 is 1.62 bits per heavy atom. The molecule has 0 heterocycles. The minimum atomic E-state index is -1.09. The van der Waals surface area contributed by atoms with E-state index in [0.29, 0.717) is 0 Å². The van der Waals surface area contributed by atoms with Crippen LogP contribution in [0.5, 0.6) is 0 Å². The van der Waals surface area contributed by atoms with Crippen molar-refractivity contribution in [2.45, 2.75) is 6.42 Å². The van der Waals surface area contributed by atoms with Crippen LogP contribution in [0.25, 0.3) is 0 Å². The quantitative estimate of drug-likeness (QED) is 0.402. The number of rotatable bonds is 6. The molecule has 5 nitrogen and oxygen atoms in total. The highest BCUT2D eigenvalue weighted by atomic mass is 16.4. The third-order valence-corrected chi connectivity index (χ3v) is 1.82. The Morgan fingerprint density at radius 3 is 1.92 bits per heavy atom. The molecular weight excluding hydrogens is 176 g/mol. The van der Waals surface area contributed by atoms with Gasteiger partial charge >= 0.3 is 5.97 Å². The zero-order valence-electron chi connectivity index (χ0n) is 7.18. The molecule has 0 aromatic carbocycles. The molecule has 0 saturated carbocycles. The fourth-order valence-corrected chi connectivity index (χ4v) is 0.753. The molecule has 0 saturated heterocycles. The fraction of sp³-hybridized carbons (Fsp3) is 0.625. The van der Waals surface area contributed by atoms with Crippen molar-refractivity contribution < 1.29 is 25.2 Å². The maximum Gasteiger partial charge on any atom is 0.327 e. The van der Waals surface area contributed by atoms with E-state index in [1.54, 1.807) is 0 Å². The van der Waals surface area contributed by atoms with E-state index in [1.807, 2.05) is 0 Å². The molecule has 0 radical (unpaired) electrons. The summed E-state index contributed by atoms with van der Waals surface area (Å²) in [6.45, 7) is -1.15. The molecule has 76 valence electrons. The van der Waals surface area contributed by atoms with Crippen LogP contribution >= 0.6 is 0 Å². The smallest absolute Gasteiger partial charge is 0.327 e. The van der Waals surface area contributed by atoms with Gasteiger partial charge in [-0.15, -0.1) is 0 Å². The van der Waals surface area contributed by atoms with E-state index in [-0.39, 0.29) is 26.2 Å². The lowest BCUT2D eigenvalue weighted by molar-refractivity contribution is -0.131. The van der Waals surface area contributed by atoms with Gasteiger partial charge in [-0.3, -0.25) is 0 Å². The van der Waals surface area contributed by atoms with E-state index < -0.39 is 11.4 Å². The number of carbonyl (C=O) groups is 1. The number of hydrogen-bond donors (Lipinski definition) is 4. The number of aliphatic hydroxyl groups excluding tert-OH is 3. The van der Waals surface area contributed by atoms with Crippen LogP contribution in [0.15, 0.2) is 12.2 Å². The maximum atomic E-state index is 10.1. The molecular formula is C8H14O5. The third kappa shape index (κ3) is 4.02. The van der Waals surface area contributed by atoms with E-state index in [9.17, 15) is 4.79 Å². The highest BCUT2D eigenvalue weighted by Gasteiger charge is 2.26. The monoisotopic (exact) mass is 190 g/mol. The van der Waals surface area contributed by atoms with Crippen LogP contribution in [0.4, 0.5) is 0 Å². The van der Waals surface area contributed by atoms with E-state index in [2.05, 4.69) is 0 Å². The summed E-state index contributed by atoms with van der Waals surface area (Å²) in [5.74, 6) is -1.09. The topological polar surface area (TPSA) is 98.0 Å². The van der Waals surface area contributed by atoms with E-state index in [1.165, 1.54) is 6.08 Å². The number of aliphatic carboxylic acids is 1. The van der Waals surface area contributed by atoms with Crippen molar-refractivity contribution in [3.05, 3.63) is 12.2 Å². The largest absolute Gasteiger partial charge is 0.478 e. The molecule has 0 spiro atoms. The lowest BCUT2D eigenvalue weighted by Crippen LogP contribution is -2.33. The molecule has 0 rings (SSSR count). The summed E-state index contributed by atoms with van der Waals surface area (Å²) < 4.78 is 0. The van der Waals surface area contributed by atoms with Crippen molar-refractivity contribution in [3.8, 4) is 0 Å².